The zero-order chi connectivity index (χ0) is 23.2. The minimum absolute atomic E-state index is 0.0760. The Labute approximate surface area is 191 Å². The lowest BCUT2D eigenvalue weighted by molar-refractivity contribution is 0.0729. The molecule has 0 unspecified atom stereocenters. The maximum atomic E-state index is 13.5. The van der Waals surface area contributed by atoms with Crippen molar-refractivity contribution in [3.05, 3.63) is 23.7 Å². The van der Waals surface area contributed by atoms with Gasteiger partial charge in [-0.05, 0) is 45.7 Å². The predicted molar refractivity (Wildman–Crippen MR) is 119 cm³/mol. The zero-order valence-electron chi connectivity index (χ0n) is 18.7. The van der Waals surface area contributed by atoms with Gasteiger partial charge in [0.2, 0.25) is 5.95 Å². The Hall–Kier alpha value is -3.02. The molecule has 2 aromatic heterocycles. The second-order valence-corrected chi connectivity index (χ2v) is 8.25. The van der Waals surface area contributed by atoms with E-state index in [2.05, 4.69) is 31.0 Å². The van der Waals surface area contributed by atoms with Gasteiger partial charge in [-0.15, -0.1) is 0 Å². The SMILES string of the molecule is Cc1nn(C2CCNCC2)cc1Nc1ncc(C(F)F)c(NCCCN2CCCOC2=O)n1. The van der Waals surface area contributed by atoms with Crippen molar-refractivity contribution >= 4 is 23.5 Å². The number of aromatic nitrogens is 4. The second kappa shape index (κ2) is 10.7. The van der Waals surface area contributed by atoms with Crippen LogP contribution in [0.25, 0.3) is 0 Å². The molecule has 0 atom stereocenters. The van der Waals surface area contributed by atoms with Gasteiger partial charge in [0.25, 0.3) is 6.43 Å². The summed E-state index contributed by atoms with van der Waals surface area (Å²) < 4.78 is 33.9. The van der Waals surface area contributed by atoms with Crippen molar-refractivity contribution < 1.29 is 18.3 Å². The summed E-state index contributed by atoms with van der Waals surface area (Å²) in [6, 6.07) is 0.331. The minimum atomic E-state index is -2.71. The van der Waals surface area contributed by atoms with E-state index < -0.39 is 6.43 Å². The summed E-state index contributed by atoms with van der Waals surface area (Å²) in [6.45, 7) is 5.76. The number of anilines is 3. The molecule has 4 heterocycles. The second-order valence-electron chi connectivity index (χ2n) is 8.25. The number of aryl methyl sites for hydroxylation is 1. The van der Waals surface area contributed by atoms with Gasteiger partial charge in [0.15, 0.2) is 0 Å². The van der Waals surface area contributed by atoms with E-state index >= 15 is 0 Å². The van der Waals surface area contributed by atoms with E-state index in [1.54, 1.807) is 4.90 Å². The first-order chi connectivity index (χ1) is 16.0. The van der Waals surface area contributed by atoms with Crippen molar-refractivity contribution in [2.75, 3.05) is 50.0 Å². The van der Waals surface area contributed by atoms with Crippen LogP contribution in [0.1, 0.15) is 49.4 Å². The fourth-order valence-corrected chi connectivity index (χ4v) is 4.01. The topological polar surface area (TPSA) is 109 Å². The van der Waals surface area contributed by atoms with Crippen LogP contribution in [0, 0.1) is 6.92 Å². The number of hydrogen-bond acceptors (Lipinski definition) is 8. The third kappa shape index (κ3) is 5.86. The smallest absolute Gasteiger partial charge is 0.409 e. The number of nitrogens with zero attached hydrogens (tertiary/aromatic N) is 5. The normalized spacial score (nSPS) is 17.3. The number of cyclic esters (lactones) is 1. The van der Waals surface area contributed by atoms with E-state index in [1.807, 2.05) is 17.8 Å². The van der Waals surface area contributed by atoms with Gasteiger partial charge >= 0.3 is 6.09 Å². The maximum absolute atomic E-state index is 13.5. The van der Waals surface area contributed by atoms with Crippen LogP contribution >= 0.6 is 0 Å². The highest BCUT2D eigenvalue weighted by atomic mass is 19.3. The maximum Gasteiger partial charge on any atom is 0.409 e. The van der Waals surface area contributed by atoms with Crippen LogP contribution in [0.2, 0.25) is 0 Å². The number of halogens is 2. The van der Waals surface area contributed by atoms with E-state index in [0.29, 0.717) is 38.7 Å². The summed E-state index contributed by atoms with van der Waals surface area (Å²) >= 11 is 0. The van der Waals surface area contributed by atoms with Gasteiger partial charge in [0.05, 0.1) is 29.6 Å². The van der Waals surface area contributed by atoms with E-state index in [0.717, 1.165) is 49.9 Å². The van der Waals surface area contributed by atoms with Crippen LogP contribution < -0.4 is 16.0 Å². The Morgan fingerprint density at radius 2 is 2.15 bits per heavy atom. The fourth-order valence-electron chi connectivity index (χ4n) is 4.01. The Balaban J connectivity index is 1.39. The third-order valence-corrected chi connectivity index (χ3v) is 5.85. The molecule has 3 N–H and O–H groups in total. The van der Waals surface area contributed by atoms with Crippen molar-refractivity contribution in [3.63, 3.8) is 0 Å². The van der Waals surface area contributed by atoms with Crippen LogP contribution in [0.4, 0.5) is 31.0 Å². The van der Waals surface area contributed by atoms with E-state index in [4.69, 9.17) is 4.74 Å². The first-order valence-electron chi connectivity index (χ1n) is 11.4. The Morgan fingerprint density at radius 3 is 2.91 bits per heavy atom. The summed E-state index contributed by atoms with van der Waals surface area (Å²) in [4.78, 5) is 21.7. The van der Waals surface area contributed by atoms with Crippen LogP contribution in [-0.2, 0) is 4.74 Å². The van der Waals surface area contributed by atoms with Crippen molar-refractivity contribution in [3.8, 4) is 0 Å². The molecular weight excluding hydrogens is 434 g/mol. The first-order valence-corrected chi connectivity index (χ1v) is 11.4. The fraction of sp³-hybridized carbons (Fsp3) is 0.619. The number of carbonyl (C=O) groups excluding carboxylic acids is 1. The van der Waals surface area contributed by atoms with Crippen LogP contribution in [0.5, 0.6) is 0 Å². The highest BCUT2D eigenvalue weighted by Gasteiger charge is 2.21. The number of nitrogens with one attached hydrogen (secondary N) is 3. The van der Waals surface area contributed by atoms with Gasteiger partial charge in [-0.3, -0.25) is 4.68 Å². The minimum Gasteiger partial charge on any atom is -0.449 e. The number of ether oxygens (including phenoxy) is 1. The molecular formula is C21H30F2N8O2. The molecule has 0 radical (unpaired) electrons. The summed E-state index contributed by atoms with van der Waals surface area (Å²) in [5.41, 5.74) is 1.27. The summed E-state index contributed by atoms with van der Waals surface area (Å²) in [6.07, 6.45) is 3.39. The van der Waals surface area contributed by atoms with Gasteiger partial charge in [-0.2, -0.15) is 10.1 Å². The Kier molecular flexibility index (Phi) is 7.53. The molecule has 0 aliphatic carbocycles. The molecule has 4 rings (SSSR count). The molecule has 0 spiro atoms. The van der Waals surface area contributed by atoms with Crippen LogP contribution in [0.15, 0.2) is 12.4 Å². The van der Waals surface area contributed by atoms with Crippen molar-refractivity contribution in [2.45, 2.75) is 45.1 Å². The molecule has 0 aromatic carbocycles. The lowest BCUT2D eigenvalue weighted by Gasteiger charge is -2.26. The standard InChI is InChI=1S/C21H30F2N8O2/c1-14-17(13-31(29-14)15-4-7-24-8-5-15)27-20-26-12-16(18(22)23)19(28-20)25-6-2-9-30-10-3-11-33-21(30)32/h12-13,15,18,24H,2-11H2,1H3,(H2,25,26,27,28). The Bertz CT molecular complexity index is 948. The average molecular weight is 465 g/mol. The monoisotopic (exact) mass is 464 g/mol. The van der Waals surface area contributed by atoms with E-state index in [9.17, 15) is 13.6 Å². The number of carbonyl (C=O) groups is 1. The molecule has 2 saturated heterocycles. The van der Waals surface area contributed by atoms with Crippen molar-refractivity contribution in [1.82, 2.24) is 30.0 Å². The van der Waals surface area contributed by atoms with Gasteiger partial charge in [-0.25, -0.2) is 18.6 Å². The van der Waals surface area contributed by atoms with Gasteiger partial charge < -0.3 is 25.6 Å². The predicted octanol–water partition coefficient (Wildman–Crippen LogP) is 3.23. The van der Waals surface area contributed by atoms with Crippen LogP contribution in [-0.4, -0.2) is 70.1 Å². The van der Waals surface area contributed by atoms with Gasteiger partial charge in [0, 0.05) is 32.0 Å². The molecule has 2 aliphatic heterocycles. The van der Waals surface area contributed by atoms with E-state index in [1.165, 1.54) is 0 Å². The van der Waals surface area contributed by atoms with E-state index in [-0.39, 0.29) is 23.4 Å². The summed E-state index contributed by atoms with van der Waals surface area (Å²) in [7, 11) is 0. The van der Waals surface area contributed by atoms with Crippen molar-refractivity contribution in [1.29, 1.82) is 0 Å². The first kappa shape index (κ1) is 23.1. The summed E-state index contributed by atoms with van der Waals surface area (Å²) in [5.74, 6) is 0.293. The molecule has 10 nitrogen and oxygen atoms in total. The number of hydrogen-bond donors (Lipinski definition) is 3. The largest absolute Gasteiger partial charge is 0.449 e. The molecule has 33 heavy (non-hydrogen) atoms. The van der Waals surface area contributed by atoms with Gasteiger partial charge in [-0.1, -0.05) is 0 Å². The molecule has 1 amide bonds. The van der Waals surface area contributed by atoms with Crippen molar-refractivity contribution in [2.24, 2.45) is 0 Å². The number of amides is 1. The number of piperidine rings is 1. The third-order valence-electron chi connectivity index (χ3n) is 5.85. The molecule has 180 valence electrons. The lowest BCUT2D eigenvalue weighted by atomic mass is 10.1. The molecule has 12 heteroatoms. The quantitative estimate of drug-likeness (QED) is 0.486. The van der Waals surface area contributed by atoms with Gasteiger partial charge in [0.1, 0.15) is 5.82 Å². The molecule has 0 bridgehead atoms. The molecule has 0 saturated carbocycles. The summed E-state index contributed by atoms with van der Waals surface area (Å²) in [5, 5.41) is 14.0. The molecule has 2 aliphatic rings. The molecule has 2 fully saturated rings. The number of rotatable bonds is 9. The lowest BCUT2D eigenvalue weighted by Crippen LogP contribution is -2.38. The zero-order valence-corrected chi connectivity index (χ0v) is 18.7. The number of alkyl halides is 2. The molecule has 2 aromatic rings. The highest BCUT2D eigenvalue weighted by Crippen LogP contribution is 2.28. The van der Waals surface area contributed by atoms with Crippen LogP contribution in [0.3, 0.4) is 0 Å². The Morgan fingerprint density at radius 1 is 1.33 bits per heavy atom. The average Bonchev–Trinajstić information content (AvgIpc) is 3.18. The highest BCUT2D eigenvalue weighted by molar-refractivity contribution is 5.68.